The molecule has 2 N–H and O–H groups in total. The van der Waals surface area contributed by atoms with Crippen molar-refractivity contribution in [3.8, 4) is 0 Å². The molecule has 0 saturated heterocycles. The smallest absolute Gasteiger partial charge is 0.319 e. The SMILES string of the molecule is CCCOCc1ccccc1CNC(=O)Nc1cc([N+](=O)[O-])ccc1C. The Hall–Kier alpha value is -2.93. The van der Waals surface area contributed by atoms with Crippen LogP contribution in [0.25, 0.3) is 0 Å². The number of amides is 2. The molecule has 0 radical (unpaired) electrons. The maximum atomic E-state index is 12.2. The summed E-state index contributed by atoms with van der Waals surface area (Å²) in [5, 5.41) is 16.3. The predicted molar refractivity (Wildman–Crippen MR) is 100 cm³/mol. The third-order valence-corrected chi connectivity index (χ3v) is 3.84. The standard InChI is InChI=1S/C19H23N3O4/c1-3-10-26-13-16-7-5-4-6-15(16)12-20-19(23)21-18-11-17(22(24)25)9-8-14(18)2/h4-9,11H,3,10,12-13H2,1-2H3,(H2,20,21,23). The van der Waals surface area contributed by atoms with E-state index in [1.807, 2.05) is 31.2 Å². The van der Waals surface area contributed by atoms with Gasteiger partial charge in [0.15, 0.2) is 0 Å². The fourth-order valence-electron chi connectivity index (χ4n) is 2.40. The number of carbonyl (C=O) groups excluding carboxylic acids is 1. The Morgan fingerprint density at radius 2 is 1.92 bits per heavy atom. The summed E-state index contributed by atoms with van der Waals surface area (Å²) in [5.74, 6) is 0. The van der Waals surface area contributed by atoms with E-state index in [1.54, 1.807) is 13.0 Å². The van der Waals surface area contributed by atoms with E-state index in [2.05, 4.69) is 10.6 Å². The Balaban J connectivity index is 1.97. The molecule has 0 bridgehead atoms. The van der Waals surface area contributed by atoms with Crippen molar-refractivity contribution in [2.24, 2.45) is 0 Å². The van der Waals surface area contributed by atoms with Gasteiger partial charge in [0, 0.05) is 25.3 Å². The topological polar surface area (TPSA) is 93.5 Å². The van der Waals surface area contributed by atoms with Gasteiger partial charge in [0.1, 0.15) is 0 Å². The highest BCUT2D eigenvalue weighted by atomic mass is 16.6. The Kier molecular flexibility index (Phi) is 7.11. The fourth-order valence-corrected chi connectivity index (χ4v) is 2.40. The molecule has 2 amide bonds. The Bertz CT molecular complexity index is 777. The molecule has 0 aliphatic carbocycles. The van der Waals surface area contributed by atoms with Crippen LogP contribution in [0.3, 0.4) is 0 Å². The number of nitro groups is 1. The van der Waals surface area contributed by atoms with Crippen molar-refractivity contribution in [3.63, 3.8) is 0 Å². The van der Waals surface area contributed by atoms with E-state index in [-0.39, 0.29) is 5.69 Å². The highest BCUT2D eigenvalue weighted by Crippen LogP contribution is 2.21. The Morgan fingerprint density at radius 3 is 2.62 bits per heavy atom. The van der Waals surface area contributed by atoms with Crippen molar-refractivity contribution >= 4 is 17.4 Å². The maximum absolute atomic E-state index is 12.2. The molecular formula is C19H23N3O4. The number of benzene rings is 2. The molecule has 0 fully saturated rings. The number of aryl methyl sites for hydroxylation is 1. The van der Waals surface area contributed by atoms with Gasteiger partial charge < -0.3 is 15.4 Å². The first-order chi connectivity index (χ1) is 12.5. The molecule has 138 valence electrons. The van der Waals surface area contributed by atoms with Gasteiger partial charge in [0.2, 0.25) is 0 Å². The van der Waals surface area contributed by atoms with Gasteiger partial charge in [-0.1, -0.05) is 37.3 Å². The molecular weight excluding hydrogens is 334 g/mol. The molecule has 7 nitrogen and oxygen atoms in total. The van der Waals surface area contributed by atoms with Crippen molar-refractivity contribution in [3.05, 3.63) is 69.3 Å². The Labute approximate surface area is 152 Å². The quantitative estimate of drug-likeness (QED) is 0.421. The monoisotopic (exact) mass is 357 g/mol. The molecule has 0 aromatic heterocycles. The molecule has 0 aliphatic rings. The average molecular weight is 357 g/mol. The lowest BCUT2D eigenvalue weighted by Gasteiger charge is -2.12. The second-order valence-corrected chi connectivity index (χ2v) is 5.89. The molecule has 0 unspecified atom stereocenters. The molecule has 2 aromatic rings. The summed E-state index contributed by atoms with van der Waals surface area (Å²) in [5.41, 5.74) is 3.09. The minimum atomic E-state index is -0.491. The van der Waals surface area contributed by atoms with E-state index in [0.29, 0.717) is 25.4 Å². The van der Waals surface area contributed by atoms with Gasteiger partial charge in [-0.2, -0.15) is 0 Å². The molecule has 7 heteroatoms. The van der Waals surface area contributed by atoms with Crippen LogP contribution in [-0.4, -0.2) is 17.6 Å². The number of nitrogens with zero attached hydrogens (tertiary/aromatic N) is 1. The van der Waals surface area contributed by atoms with Crippen LogP contribution in [0.15, 0.2) is 42.5 Å². The third kappa shape index (κ3) is 5.56. The number of hydrogen-bond acceptors (Lipinski definition) is 4. The van der Waals surface area contributed by atoms with Gasteiger partial charge in [0.25, 0.3) is 5.69 Å². The summed E-state index contributed by atoms with van der Waals surface area (Å²) in [6, 6.07) is 11.7. The van der Waals surface area contributed by atoms with Crippen LogP contribution in [0.4, 0.5) is 16.2 Å². The number of rotatable bonds is 8. The van der Waals surface area contributed by atoms with Crippen LogP contribution in [-0.2, 0) is 17.9 Å². The molecule has 2 aromatic carbocycles. The lowest BCUT2D eigenvalue weighted by molar-refractivity contribution is -0.384. The minimum absolute atomic E-state index is 0.0654. The van der Waals surface area contributed by atoms with Gasteiger partial charge in [-0.15, -0.1) is 0 Å². The predicted octanol–water partition coefficient (Wildman–Crippen LogP) is 4.15. The number of ether oxygens (including phenoxy) is 1. The molecule has 0 saturated carbocycles. The van der Waals surface area contributed by atoms with Crippen molar-refractivity contribution in [1.82, 2.24) is 5.32 Å². The van der Waals surface area contributed by atoms with Gasteiger partial charge >= 0.3 is 6.03 Å². The van der Waals surface area contributed by atoms with Crippen LogP contribution in [0, 0.1) is 17.0 Å². The number of carbonyl (C=O) groups is 1. The van der Waals surface area contributed by atoms with Crippen molar-refractivity contribution in [1.29, 1.82) is 0 Å². The van der Waals surface area contributed by atoms with E-state index in [0.717, 1.165) is 23.1 Å². The zero-order chi connectivity index (χ0) is 18.9. The highest BCUT2D eigenvalue weighted by molar-refractivity contribution is 5.90. The third-order valence-electron chi connectivity index (χ3n) is 3.84. The van der Waals surface area contributed by atoms with Crippen LogP contribution in [0.5, 0.6) is 0 Å². The molecule has 0 heterocycles. The van der Waals surface area contributed by atoms with Gasteiger partial charge in [-0.05, 0) is 30.0 Å². The van der Waals surface area contributed by atoms with E-state index in [9.17, 15) is 14.9 Å². The highest BCUT2D eigenvalue weighted by Gasteiger charge is 2.11. The summed E-state index contributed by atoms with van der Waals surface area (Å²) in [6.45, 7) is 5.35. The number of anilines is 1. The summed E-state index contributed by atoms with van der Waals surface area (Å²) in [7, 11) is 0. The van der Waals surface area contributed by atoms with Gasteiger partial charge in [0.05, 0.1) is 17.2 Å². The van der Waals surface area contributed by atoms with E-state index < -0.39 is 11.0 Å². The Morgan fingerprint density at radius 1 is 1.19 bits per heavy atom. The summed E-state index contributed by atoms with van der Waals surface area (Å²) >= 11 is 0. The lowest BCUT2D eigenvalue weighted by Crippen LogP contribution is -2.29. The van der Waals surface area contributed by atoms with Crippen LogP contribution >= 0.6 is 0 Å². The first-order valence-electron chi connectivity index (χ1n) is 8.45. The van der Waals surface area contributed by atoms with Crippen LogP contribution in [0.2, 0.25) is 0 Å². The normalized spacial score (nSPS) is 10.4. The van der Waals surface area contributed by atoms with Crippen molar-refractivity contribution < 1.29 is 14.5 Å². The second kappa shape index (κ2) is 9.53. The molecule has 0 aliphatic heterocycles. The summed E-state index contributed by atoms with van der Waals surface area (Å²) in [6.07, 6.45) is 0.950. The van der Waals surface area contributed by atoms with Crippen LogP contribution < -0.4 is 10.6 Å². The first-order valence-corrected chi connectivity index (χ1v) is 8.45. The maximum Gasteiger partial charge on any atom is 0.319 e. The first kappa shape index (κ1) is 19.4. The molecule has 0 atom stereocenters. The average Bonchev–Trinajstić information content (AvgIpc) is 2.62. The summed E-state index contributed by atoms with van der Waals surface area (Å²) in [4.78, 5) is 22.5. The van der Waals surface area contributed by atoms with Gasteiger partial charge in [-0.25, -0.2) is 4.79 Å². The van der Waals surface area contributed by atoms with Gasteiger partial charge in [-0.3, -0.25) is 10.1 Å². The zero-order valence-corrected chi connectivity index (χ0v) is 15.0. The minimum Gasteiger partial charge on any atom is -0.377 e. The number of urea groups is 1. The second-order valence-electron chi connectivity index (χ2n) is 5.89. The van der Waals surface area contributed by atoms with Crippen LogP contribution in [0.1, 0.15) is 30.0 Å². The number of nitro benzene ring substituents is 1. The van der Waals surface area contributed by atoms with E-state index >= 15 is 0 Å². The fraction of sp³-hybridized carbons (Fsp3) is 0.316. The van der Waals surface area contributed by atoms with Crippen molar-refractivity contribution in [2.45, 2.75) is 33.4 Å². The molecule has 0 spiro atoms. The zero-order valence-electron chi connectivity index (χ0n) is 15.0. The lowest BCUT2D eigenvalue weighted by atomic mass is 10.1. The van der Waals surface area contributed by atoms with E-state index in [4.69, 9.17) is 4.74 Å². The van der Waals surface area contributed by atoms with E-state index in [1.165, 1.54) is 12.1 Å². The number of nitrogens with one attached hydrogen (secondary N) is 2. The summed E-state index contributed by atoms with van der Waals surface area (Å²) < 4.78 is 5.57. The largest absolute Gasteiger partial charge is 0.377 e. The van der Waals surface area contributed by atoms with Crippen molar-refractivity contribution in [2.75, 3.05) is 11.9 Å². The number of hydrogen-bond donors (Lipinski definition) is 2. The molecule has 26 heavy (non-hydrogen) atoms. The number of non-ortho nitro benzene ring substituents is 1. The molecule has 2 rings (SSSR count).